The van der Waals surface area contributed by atoms with E-state index in [2.05, 4.69) is 5.32 Å². The molecule has 116 valence electrons. The second-order valence-electron chi connectivity index (χ2n) is 5.05. The third-order valence-electron chi connectivity index (χ3n) is 3.46. The van der Waals surface area contributed by atoms with Gasteiger partial charge < -0.3 is 14.5 Å². The zero-order valence-corrected chi connectivity index (χ0v) is 13.3. The van der Waals surface area contributed by atoms with Crippen LogP contribution < -0.4 is 5.32 Å². The van der Waals surface area contributed by atoms with Crippen molar-refractivity contribution in [3.8, 4) is 0 Å². The van der Waals surface area contributed by atoms with Crippen molar-refractivity contribution in [2.75, 3.05) is 13.7 Å². The van der Waals surface area contributed by atoms with Crippen molar-refractivity contribution in [3.05, 3.63) is 65.1 Å². The highest BCUT2D eigenvalue weighted by atomic mass is 35.5. The van der Waals surface area contributed by atoms with Gasteiger partial charge in [-0.2, -0.15) is 0 Å². The number of halogens is 1. The minimum absolute atomic E-state index is 0.202. The highest BCUT2D eigenvalue weighted by Gasteiger charge is 2.26. The number of carbonyl (C=O) groups is 1. The van der Waals surface area contributed by atoms with E-state index in [1.165, 1.54) is 6.08 Å². The molecule has 1 amide bonds. The molecule has 1 atom stereocenters. The molecule has 0 spiro atoms. The van der Waals surface area contributed by atoms with Crippen molar-refractivity contribution in [1.82, 2.24) is 5.32 Å². The number of amides is 1. The Hall–Kier alpha value is -2.04. The Bertz CT molecular complexity index is 652. The van der Waals surface area contributed by atoms with Crippen molar-refractivity contribution in [2.24, 2.45) is 0 Å². The Morgan fingerprint density at radius 1 is 1.45 bits per heavy atom. The molecule has 0 radical (unpaired) electrons. The van der Waals surface area contributed by atoms with Crippen molar-refractivity contribution in [2.45, 2.75) is 12.5 Å². The molecule has 4 nitrogen and oxygen atoms in total. The predicted molar refractivity (Wildman–Crippen MR) is 86.6 cm³/mol. The van der Waals surface area contributed by atoms with Gasteiger partial charge in [0.1, 0.15) is 5.60 Å². The summed E-state index contributed by atoms with van der Waals surface area (Å²) in [6.07, 6.45) is 6.26. The van der Waals surface area contributed by atoms with Gasteiger partial charge in [-0.15, -0.1) is 0 Å². The van der Waals surface area contributed by atoms with Crippen LogP contribution in [-0.2, 0) is 15.1 Å². The summed E-state index contributed by atoms with van der Waals surface area (Å²) in [4.78, 5) is 11.9. The Morgan fingerprint density at radius 2 is 2.27 bits per heavy atom. The van der Waals surface area contributed by atoms with E-state index < -0.39 is 5.60 Å². The average Bonchev–Trinajstić information content (AvgIpc) is 3.04. The van der Waals surface area contributed by atoms with E-state index in [1.54, 1.807) is 37.8 Å². The van der Waals surface area contributed by atoms with Gasteiger partial charge in [-0.25, -0.2) is 0 Å². The SMILES string of the molecule is COC(C)(CNC(=O)C=Cc1ccoc1)c1cccc(Cl)c1. The van der Waals surface area contributed by atoms with E-state index in [0.29, 0.717) is 11.6 Å². The topological polar surface area (TPSA) is 51.5 Å². The van der Waals surface area contributed by atoms with Gasteiger partial charge in [0, 0.05) is 23.8 Å². The third kappa shape index (κ3) is 4.23. The predicted octanol–water partition coefficient (Wildman–Crippen LogP) is 3.62. The standard InChI is InChI=1S/C17H18ClNO3/c1-17(21-2,14-4-3-5-15(18)10-14)12-19-16(20)7-6-13-8-9-22-11-13/h3-11H,12H2,1-2H3,(H,19,20). The van der Waals surface area contributed by atoms with E-state index >= 15 is 0 Å². The molecule has 0 bridgehead atoms. The van der Waals surface area contributed by atoms with Crippen LogP contribution in [0.3, 0.4) is 0 Å². The lowest BCUT2D eigenvalue weighted by atomic mass is 9.95. The summed E-state index contributed by atoms with van der Waals surface area (Å²) in [6, 6.07) is 9.18. The maximum absolute atomic E-state index is 11.9. The normalized spacial score (nSPS) is 14.0. The number of rotatable bonds is 6. The Morgan fingerprint density at radius 3 is 2.91 bits per heavy atom. The van der Waals surface area contributed by atoms with E-state index in [1.807, 2.05) is 25.1 Å². The van der Waals surface area contributed by atoms with Crippen LogP contribution in [0.4, 0.5) is 0 Å². The largest absolute Gasteiger partial charge is 0.472 e. The lowest BCUT2D eigenvalue weighted by molar-refractivity contribution is -0.118. The summed E-state index contributed by atoms with van der Waals surface area (Å²) in [5, 5.41) is 3.46. The van der Waals surface area contributed by atoms with Crippen molar-refractivity contribution in [3.63, 3.8) is 0 Å². The highest BCUT2D eigenvalue weighted by Crippen LogP contribution is 2.26. The Labute approximate surface area is 134 Å². The van der Waals surface area contributed by atoms with E-state index in [0.717, 1.165) is 11.1 Å². The number of hydrogen-bond acceptors (Lipinski definition) is 3. The second kappa shape index (κ2) is 7.29. The molecule has 0 saturated carbocycles. The number of hydrogen-bond donors (Lipinski definition) is 1. The number of ether oxygens (including phenoxy) is 1. The summed E-state index contributed by atoms with van der Waals surface area (Å²) in [6.45, 7) is 2.23. The summed E-state index contributed by atoms with van der Waals surface area (Å²) in [5.74, 6) is -0.202. The van der Waals surface area contributed by atoms with Crippen LogP contribution in [0.5, 0.6) is 0 Å². The van der Waals surface area contributed by atoms with Crippen LogP contribution in [0.2, 0.25) is 5.02 Å². The molecule has 1 heterocycles. The van der Waals surface area contributed by atoms with Crippen molar-refractivity contribution >= 4 is 23.6 Å². The van der Waals surface area contributed by atoms with E-state index in [9.17, 15) is 4.79 Å². The molecule has 0 saturated heterocycles. The summed E-state index contributed by atoms with van der Waals surface area (Å²) < 4.78 is 10.5. The highest BCUT2D eigenvalue weighted by molar-refractivity contribution is 6.30. The van der Waals surface area contributed by atoms with Gasteiger partial charge in [0.05, 0.1) is 19.1 Å². The molecule has 0 aliphatic rings. The minimum atomic E-state index is -0.649. The summed E-state index contributed by atoms with van der Waals surface area (Å²) in [7, 11) is 1.61. The van der Waals surface area contributed by atoms with E-state index in [-0.39, 0.29) is 5.91 Å². The maximum atomic E-state index is 11.9. The quantitative estimate of drug-likeness (QED) is 0.827. The van der Waals surface area contributed by atoms with Crippen molar-refractivity contribution < 1.29 is 13.9 Å². The van der Waals surface area contributed by atoms with Crippen LogP contribution in [0.1, 0.15) is 18.1 Å². The monoisotopic (exact) mass is 319 g/mol. The van der Waals surface area contributed by atoms with E-state index in [4.69, 9.17) is 20.8 Å². The fourth-order valence-electron chi connectivity index (χ4n) is 1.97. The van der Waals surface area contributed by atoms with Gasteiger partial charge >= 0.3 is 0 Å². The van der Waals surface area contributed by atoms with Gasteiger partial charge in [-0.05, 0) is 36.8 Å². The minimum Gasteiger partial charge on any atom is -0.472 e. The van der Waals surface area contributed by atoms with Gasteiger partial charge in [0.25, 0.3) is 0 Å². The smallest absolute Gasteiger partial charge is 0.244 e. The Balaban J connectivity index is 1.99. The number of methoxy groups -OCH3 is 1. The fourth-order valence-corrected chi connectivity index (χ4v) is 2.16. The Kier molecular flexibility index (Phi) is 5.41. The van der Waals surface area contributed by atoms with Crippen LogP contribution >= 0.6 is 11.6 Å². The molecule has 1 aromatic carbocycles. The number of furan rings is 1. The lowest BCUT2D eigenvalue weighted by Crippen LogP contribution is -2.39. The zero-order chi connectivity index (χ0) is 16.0. The number of nitrogens with one attached hydrogen (secondary N) is 1. The first-order valence-corrected chi connectivity index (χ1v) is 7.20. The van der Waals surface area contributed by atoms with Crippen LogP contribution in [0.25, 0.3) is 6.08 Å². The van der Waals surface area contributed by atoms with Gasteiger partial charge in [-0.1, -0.05) is 23.7 Å². The molecular formula is C17H18ClNO3. The number of benzene rings is 1. The molecule has 1 N–H and O–H groups in total. The summed E-state index contributed by atoms with van der Waals surface area (Å²) in [5.41, 5.74) is 1.09. The summed E-state index contributed by atoms with van der Waals surface area (Å²) >= 11 is 6.01. The molecule has 0 aliphatic heterocycles. The van der Waals surface area contributed by atoms with Crippen LogP contribution in [-0.4, -0.2) is 19.6 Å². The molecule has 1 unspecified atom stereocenters. The first-order valence-electron chi connectivity index (χ1n) is 6.83. The first kappa shape index (κ1) is 16.3. The molecule has 5 heteroatoms. The van der Waals surface area contributed by atoms with Crippen LogP contribution in [0, 0.1) is 0 Å². The molecule has 22 heavy (non-hydrogen) atoms. The third-order valence-corrected chi connectivity index (χ3v) is 3.69. The molecule has 0 fully saturated rings. The molecule has 2 rings (SSSR count). The molecule has 1 aromatic heterocycles. The molecular weight excluding hydrogens is 302 g/mol. The van der Waals surface area contributed by atoms with Crippen LogP contribution in [0.15, 0.2) is 53.4 Å². The lowest BCUT2D eigenvalue weighted by Gasteiger charge is -2.29. The fraction of sp³-hybridized carbons (Fsp3) is 0.235. The second-order valence-corrected chi connectivity index (χ2v) is 5.49. The first-order chi connectivity index (χ1) is 10.5. The van der Waals surface area contributed by atoms with Gasteiger partial charge in [0.15, 0.2) is 0 Å². The zero-order valence-electron chi connectivity index (χ0n) is 12.5. The molecule has 2 aromatic rings. The van der Waals surface area contributed by atoms with Gasteiger partial charge in [-0.3, -0.25) is 4.79 Å². The van der Waals surface area contributed by atoms with Crippen molar-refractivity contribution in [1.29, 1.82) is 0 Å². The van der Waals surface area contributed by atoms with Gasteiger partial charge in [0.2, 0.25) is 5.91 Å². The average molecular weight is 320 g/mol. The maximum Gasteiger partial charge on any atom is 0.244 e. The molecule has 0 aliphatic carbocycles. The number of carbonyl (C=O) groups excluding carboxylic acids is 1.